The minimum Gasteiger partial charge on any atom is -0.468 e. The highest BCUT2D eigenvalue weighted by molar-refractivity contribution is 7.89. The number of hydrogen-bond donors (Lipinski definition) is 1. The van der Waals surface area contributed by atoms with E-state index in [2.05, 4.69) is 5.32 Å². The summed E-state index contributed by atoms with van der Waals surface area (Å²) in [6, 6.07) is 8.31. The summed E-state index contributed by atoms with van der Waals surface area (Å²) >= 11 is 0. The Hall–Kier alpha value is -2.12. The molecule has 6 nitrogen and oxygen atoms in total. The van der Waals surface area contributed by atoms with E-state index in [9.17, 15) is 13.2 Å². The zero-order valence-corrected chi connectivity index (χ0v) is 14.9. The highest BCUT2D eigenvalue weighted by Crippen LogP contribution is 2.21. The maximum Gasteiger partial charge on any atom is 0.243 e. The van der Waals surface area contributed by atoms with Crippen LogP contribution in [0.15, 0.2) is 45.9 Å². The number of aryl methyl sites for hydroxylation is 2. The van der Waals surface area contributed by atoms with Crippen LogP contribution in [0.2, 0.25) is 0 Å². The second-order valence-corrected chi connectivity index (χ2v) is 7.49. The molecule has 1 aromatic carbocycles. The third kappa shape index (κ3) is 4.24. The van der Waals surface area contributed by atoms with Crippen molar-refractivity contribution in [2.45, 2.75) is 32.2 Å². The lowest BCUT2D eigenvalue weighted by Crippen LogP contribution is -2.40. The molecule has 0 saturated carbocycles. The molecule has 1 heterocycles. The fourth-order valence-corrected chi connectivity index (χ4v) is 3.69. The maximum atomic E-state index is 13.0. The van der Waals surface area contributed by atoms with Gasteiger partial charge in [0.05, 0.1) is 24.2 Å². The fraction of sp³-hybridized carbons (Fsp3) is 0.353. The summed E-state index contributed by atoms with van der Waals surface area (Å²) in [5.74, 6) is 0.128. The summed E-state index contributed by atoms with van der Waals surface area (Å²) in [5, 5.41) is 2.62. The number of nitrogens with one attached hydrogen (secondary N) is 1. The molecule has 1 N–H and O–H groups in total. The molecule has 1 amide bonds. The summed E-state index contributed by atoms with van der Waals surface area (Å²) in [7, 11) is -3.82. The Kier molecular flexibility index (Phi) is 5.80. The molecular formula is C17H22N2O4S. The van der Waals surface area contributed by atoms with Gasteiger partial charge in [0.25, 0.3) is 0 Å². The number of hydrogen-bond acceptors (Lipinski definition) is 4. The van der Waals surface area contributed by atoms with Gasteiger partial charge < -0.3 is 9.73 Å². The van der Waals surface area contributed by atoms with Gasteiger partial charge in [0.15, 0.2) is 0 Å². The predicted molar refractivity (Wildman–Crippen MR) is 90.9 cm³/mol. The van der Waals surface area contributed by atoms with Crippen molar-refractivity contribution >= 4 is 15.9 Å². The van der Waals surface area contributed by atoms with Gasteiger partial charge in [-0.3, -0.25) is 4.79 Å². The van der Waals surface area contributed by atoms with Crippen LogP contribution in [0.4, 0.5) is 0 Å². The van der Waals surface area contributed by atoms with Crippen molar-refractivity contribution in [1.82, 2.24) is 9.62 Å². The van der Waals surface area contributed by atoms with Crippen LogP contribution in [0.5, 0.6) is 0 Å². The van der Waals surface area contributed by atoms with E-state index in [-0.39, 0.29) is 23.9 Å². The van der Waals surface area contributed by atoms with Crippen LogP contribution in [0.25, 0.3) is 0 Å². The van der Waals surface area contributed by atoms with Crippen molar-refractivity contribution in [1.29, 1.82) is 0 Å². The monoisotopic (exact) mass is 350 g/mol. The Bertz CT molecular complexity index is 798. The van der Waals surface area contributed by atoms with Gasteiger partial charge in [-0.2, -0.15) is 4.31 Å². The summed E-state index contributed by atoms with van der Waals surface area (Å²) in [6.07, 6.45) is 1.47. The summed E-state index contributed by atoms with van der Waals surface area (Å²) < 4.78 is 32.3. The van der Waals surface area contributed by atoms with Crippen molar-refractivity contribution < 1.29 is 17.6 Å². The zero-order valence-electron chi connectivity index (χ0n) is 14.1. The molecule has 2 aromatic rings. The minimum atomic E-state index is -3.82. The van der Waals surface area contributed by atoms with Gasteiger partial charge >= 0.3 is 0 Å². The molecule has 7 heteroatoms. The Morgan fingerprint density at radius 2 is 1.96 bits per heavy atom. The molecule has 24 heavy (non-hydrogen) atoms. The van der Waals surface area contributed by atoms with E-state index in [0.29, 0.717) is 12.3 Å². The highest BCUT2D eigenvalue weighted by atomic mass is 32.2. The first-order valence-electron chi connectivity index (χ1n) is 7.71. The topological polar surface area (TPSA) is 79.6 Å². The van der Waals surface area contributed by atoms with Gasteiger partial charge in [-0.05, 0) is 56.2 Å². The second-order valence-electron chi connectivity index (χ2n) is 5.55. The number of benzene rings is 1. The molecule has 0 fully saturated rings. The van der Waals surface area contributed by atoms with Crippen LogP contribution in [-0.4, -0.2) is 31.7 Å². The van der Waals surface area contributed by atoms with E-state index in [1.807, 2.05) is 13.8 Å². The Balaban J connectivity index is 2.35. The van der Waals surface area contributed by atoms with Crippen molar-refractivity contribution in [3.8, 4) is 0 Å². The SMILES string of the molecule is CCNC(=O)CN(Cc1ccco1)S(=O)(=O)c1ccc(C)c(C)c1. The largest absolute Gasteiger partial charge is 0.468 e. The Morgan fingerprint density at radius 3 is 2.54 bits per heavy atom. The molecule has 0 spiro atoms. The first-order valence-corrected chi connectivity index (χ1v) is 9.15. The number of sulfonamides is 1. The highest BCUT2D eigenvalue weighted by Gasteiger charge is 2.27. The maximum absolute atomic E-state index is 13.0. The molecule has 2 rings (SSSR count). The number of amides is 1. The predicted octanol–water partition coefficient (Wildman–Crippen LogP) is 2.22. The van der Waals surface area contributed by atoms with Crippen molar-refractivity contribution in [3.05, 3.63) is 53.5 Å². The molecule has 0 aliphatic heterocycles. The number of nitrogens with zero attached hydrogens (tertiary/aromatic N) is 1. The van der Waals surface area contributed by atoms with Crippen molar-refractivity contribution in [2.75, 3.05) is 13.1 Å². The van der Waals surface area contributed by atoms with Gasteiger partial charge in [0, 0.05) is 6.54 Å². The van der Waals surface area contributed by atoms with Crippen LogP contribution in [0.3, 0.4) is 0 Å². The summed E-state index contributed by atoms with van der Waals surface area (Å²) in [4.78, 5) is 12.1. The molecule has 0 unspecified atom stereocenters. The number of furan rings is 1. The third-order valence-electron chi connectivity index (χ3n) is 3.72. The molecule has 130 valence electrons. The number of rotatable bonds is 7. The van der Waals surface area contributed by atoms with Crippen LogP contribution in [-0.2, 0) is 21.4 Å². The fourth-order valence-electron chi connectivity index (χ4n) is 2.24. The van der Waals surface area contributed by atoms with E-state index in [0.717, 1.165) is 15.4 Å². The van der Waals surface area contributed by atoms with Gasteiger partial charge in [-0.25, -0.2) is 8.42 Å². The molecule has 0 atom stereocenters. The zero-order chi connectivity index (χ0) is 17.7. The first-order chi connectivity index (χ1) is 11.3. The second kappa shape index (κ2) is 7.63. The molecule has 0 saturated heterocycles. The van der Waals surface area contributed by atoms with Crippen LogP contribution >= 0.6 is 0 Å². The van der Waals surface area contributed by atoms with E-state index < -0.39 is 10.0 Å². The van der Waals surface area contributed by atoms with E-state index >= 15 is 0 Å². The van der Waals surface area contributed by atoms with Crippen molar-refractivity contribution in [3.63, 3.8) is 0 Å². The third-order valence-corrected chi connectivity index (χ3v) is 5.51. The van der Waals surface area contributed by atoms with E-state index in [1.54, 1.807) is 37.3 Å². The van der Waals surface area contributed by atoms with Gasteiger partial charge in [0.2, 0.25) is 15.9 Å². The molecular weight excluding hydrogens is 328 g/mol. The van der Waals surface area contributed by atoms with Crippen LogP contribution in [0, 0.1) is 13.8 Å². The van der Waals surface area contributed by atoms with E-state index in [1.165, 1.54) is 6.26 Å². The molecule has 0 bridgehead atoms. The number of carbonyl (C=O) groups excluding carboxylic acids is 1. The normalized spacial score (nSPS) is 11.7. The lowest BCUT2D eigenvalue weighted by atomic mass is 10.1. The summed E-state index contributed by atoms with van der Waals surface area (Å²) in [5.41, 5.74) is 1.89. The van der Waals surface area contributed by atoms with Gasteiger partial charge in [0.1, 0.15) is 5.76 Å². The lowest BCUT2D eigenvalue weighted by molar-refractivity contribution is -0.121. The Labute approximate surface area is 142 Å². The molecule has 0 aliphatic rings. The molecule has 0 aliphatic carbocycles. The van der Waals surface area contributed by atoms with Crippen LogP contribution < -0.4 is 5.32 Å². The first kappa shape index (κ1) is 18.2. The Morgan fingerprint density at radius 1 is 1.21 bits per heavy atom. The van der Waals surface area contributed by atoms with Gasteiger partial charge in [-0.15, -0.1) is 0 Å². The minimum absolute atomic E-state index is 0.000604. The number of likely N-dealkylation sites (N-methyl/N-ethyl adjacent to an activating group) is 1. The molecule has 1 aromatic heterocycles. The van der Waals surface area contributed by atoms with Crippen molar-refractivity contribution in [2.24, 2.45) is 0 Å². The average molecular weight is 350 g/mol. The molecule has 0 radical (unpaired) electrons. The van der Waals surface area contributed by atoms with Gasteiger partial charge in [-0.1, -0.05) is 6.07 Å². The van der Waals surface area contributed by atoms with Crippen LogP contribution in [0.1, 0.15) is 23.8 Å². The van der Waals surface area contributed by atoms with E-state index in [4.69, 9.17) is 4.42 Å². The quantitative estimate of drug-likeness (QED) is 0.830. The smallest absolute Gasteiger partial charge is 0.243 e. The summed E-state index contributed by atoms with van der Waals surface area (Å²) in [6.45, 7) is 5.74. The average Bonchev–Trinajstić information content (AvgIpc) is 3.02. The lowest BCUT2D eigenvalue weighted by Gasteiger charge is -2.21. The number of carbonyl (C=O) groups is 1. The standard InChI is InChI=1S/C17H22N2O4S/c1-4-18-17(20)12-19(11-15-6-5-9-23-15)24(21,22)16-8-7-13(2)14(3)10-16/h5-10H,4,11-12H2,1-3H3,(H,18,20).